The summed E-state index contributed by atoms with van der Waals surface area (Å²) in [6, 6.07) is 12.8. The molecular formula is C22H25FN4O2+2. The number of piperazine rings is 1. The SMILES string of the molecule is Fc1ccc(-c2[nH]ncc2C[NH+]2CC[NH+](Cc3ccc4c(c3)OCO4)CC2)cc1. The molecule has 6 nitrogen and oxygen atoms in total. The van der Waals surface area contributed by atoms with Crippen molar-refractivity contribution in [3.8, 4) is 22.8 Å². The molecule has 3 heterocycles. The van der Waals surface area contributed by atoms with Crippen LogP contribution in [-0.2, 0) is 13.1 Å². The van der Waals surface area contributed by atoms with Crippen LogP contribution in [0.15, 0.2) is 48.7 Å². The van der Waals surface area contributed by atoms with E-state index >= 15 is 0 Å². The lowest BCUT2D eigenvalue weighted by Gasteiger charge is -2.29. The molecule has 2 aliphatic heterocycles. The van der Waals surface area contributed by atoms with E-state index in [9.17, 15) is 4.39 Å². The summed E-state index contributed by atoms with van der Waals surface area (Å²) in [5, 5.41) is 7.31. The Morgan fingerprint density at radius 3 is 2.41 bits per heavy atom. The maximum Gasteiger partial charge on any atom is 0.231 e. The highest BCUT2D eigenvalue weighted by atomic mass is 19.1. The Labute approximate surface area is 168 Å². The van der Waals surface area contributed by atoms with Gasteiger partial charge in [0, 0.05) is 11.1 Å². The molecule has 0 spiro atoms. The second-order valence-electron chi connectivity index (χ2n) is 7.82. The summed E-state index contributed by atoms with van der Waals surface area (Å²) in [5.41, 5.74) is 4.45. The van der Waals surface area contributed by atoms with E-state index in [0.29, 0.717) is 6.79 Å². The van der Waals surface area contributed by atoms with Crippen LogP contribution in [0.2, 0.25) is 0 Å². The van der Waals surface area contributed by atoms with Gasteiger partial charge in [-0.3, -0.25) is 5.10 Å². The minimum atomic E-state index is -0.220. The Hall–Kier alpha value is -2.90. The second-order valence-corrected chi connectivity index (χ2v) is 7.82. The lowest BCUT2D eigenvalue weighted by Crippen LogP contribution is -3.27. The van der Waals surface area contributed by atoms with E-state index in [-0.39, 0.29) is 5.82 Å². The van der Waals surface area contributed by atoms with E-state index in [2.05, 4.69) is 22.3 Å². The van der Waals surface area contributed by atoms with E-state index in [1.807, 2.05) is 12.3 Å². The van der Waals surface area contributed by atoms with Gasteiger partial charge in [0.25, 0.3) is 0 Å². The number of fused-ring (bicyclic) bond motifs is 1. The Morgan fingerprint density at radius 1 is 0.897 bits per heavy atom. The molecule has 7 heteroatoms. The van der Waals surface area contributed by atoms with Crippen LogP contribution in [0.25, 0.3) is 11.3 Å². The second kappa shape index (κ2) is 7.85. The highest BCUT2D eigenvalue weighted by Gasteiger charge is 2.25. The molecule has 2 aliphatic rings. The number of aromatic amines is 1. The fourth-order valence-electron chi connectivity index (χ4n) is 4.23. The van der Waals surface area contributed by atoms with Crippen molar-refractivity contribution in [1.29, 1.82) is 0 Å². The molecular weight excluding hydrogens is 371 g/mol. The quantitative estimate of drug-likeness (QED) is 0.586. The van der Waals surface area contributed by atoms with Gasteiger partial charge in [0.15, 0.2) is 11.5 Å². The number of halogens is 1. The Kier molecular flexibility index (Phi) is 4.91. The van der Waals surface area contributed by atoms with Crippen molar-refractivity contribution >= 4 is 0 Å². The topological polar surface area (TPSA) is 56.0 Å². The van der Waals surface area contributed by atoms with Crippen LogP contribution >= 0.6 is 0 Å². The minimum Gasteiger partial charge on any atom is -0.454 e. The summed E-state index contributed by atoms with van der Waals surface area (Å²) in [7, 11) is 0. The zero-order chi connectivity index (χ0) is 19.6. The molecule has 0 atom stereocenters. The van der Waals surface area contributed by atoms with E-state index < -0.39 is 0 Å². The number of aromatic nitrogens is 2. The van der Waals surface area contributed by atoms with E-state index in [0.717, 1.165) is 62.0 Å². The predicted octanol–water partition coefficient (Wildman–Crippen LogP) is 0.428. The van der Waals surface area contributed by atoms with Crippen molar-refractivity contribution in [2.75, 3.05) is 33.0 Å². The fourth-order valence-corrected chi connectivity index (χ4v) is 4.23. The first-order valence-electron chi connectivity index (χ1n) is 10.1. The van der Waals surface area contributed by atoms with Gasteiger partial charge in [-0.05, 0) is 42.5 Å². The summed E-state index contributed by atoms with van der Waals surface area (Å²) in [4.78, 5) is 3.16. The van der Waals surface area contributed by atoms with Gasteiger partial charge < -0.3 is 19.3 Å². The Bertz CT molecular complexity index is 981. The van der Waals surface area contributed by atoms with Crippen LogP contribution in [-0.4, -0.2) is 43.2 Å². The van der Waals surface area contributed by atoms with Crippen molar-refractivity contribution in [3.05, 3.63) is 65.6 Å². The molecule has 150 valence electrons. The summed E-state index contributed by atoms with van der Waals surface area (Å²) in [5.74, 6) is 1.48. The van der Waals surface area contributed by atoms with Gasteiger partial charge in [-0.15, -0.1) is 0 Å². The van der Waals surface area contributed by atoms with E-state index in [4.69, 9.17) is 9.47 Å². The molecule has 3 aromatic rings. The number of rotatable bonds is 5. The van der Waals surface area contributed by atoms with Crippen molar-refractivity contribution < 1.29 is 23.7 Å². The van der Waals surface area contributed by atoms with Gasteiger partial charge in [-0.1, -0.05) is 0 Å². The average molecular weight is 396 g/mol. The summed E-state index contributed by atoms with van der Waals surface area (Å²) in [6.07, 6.45) is 1.90. The van der Waals surface area contributed by atoms with Crippen LogP contribution in [0, 0.1) is 5.82 Å². The number of quaternary nitrogens is 2. The van der Waals surface area contributed by atoms with Crippen LogP contribution in [0.3, 0.4) is 0 Å². The highest BCUT2D eigenvalue weighted by molar-refractivity contribution is 5.62. The maximum atomic E-state index is 13.2. The van der Waals surface area contributed by atoms with Crippen molar-refractivity contribution in [2.45, 2.75) is 13.1 Å². The third-order valence-corrected chi connectivity index (χ3v) is 5.85. The van der Waals surface area contributed by atoms with E-state index in [1.165, 1.54) is 23.3 Å². The first-order valence-corrected chi connectivity index (χ1v) is 10.1. The summed E-state index contributed by atoms with van der Waals surface area (Å²) < 4.78 is 24.1. The van der Waals surface area contributed by atoms with Gasteiger partial charge in [-0.2, -0.15) is 5.10 Å². The zero-order valence-corrected chi connectivity index (χ0v) is 16.2. The molecule has 0 unspecified atom stereocenters. The van der Waals surface area contributed by atoms with Crippen LogP contribution in [0.1, 0.15) is 11.1 Å². The monoisotopic (exact) mass is 396 g/mol. The third-order valence-electron chi connectivity index (χ3n) is 5.85. The summed E-state index contributed by atoms with van der Waals surface area (Å²) >= 11 is 0. The average Bonchev–Trinajstić information content (AvgIpc) is 3.39. The zero-order valence-electron chi connectivity index (χ0n) is 16.2. The van der Waals surface area contributed by atoms with Crippen LogP contribution in [0.4, 0.5) is 4.39 Å². The fraction of sp³-hybridized carbons (Fsp3) is 0.318. The molecule has 29 heavy (non-hydrogen) atoms. The van der Waals surface area contributed by atoms with Gasteiger partial charge in [0.2, 0.25) is 6.79 Å². The number of ether oxygens (including phenoxy) is 2. The normalized spacial score (nSPS) is 20.7. The molecule has 1 fully saturated rings. The van der Waals surface area contributed by atoms with Gasteiger partial charge in [-0.25, -0.2) is 4.39 Å². The van der Waals surface area contributed by atoms with Gasteiger partial charge in [0.1, 0.15) is 45.1 Å². The molecule has 1 aromatic heterocycles. The first-order chi connectivity index (χ1) is 14.2. The molecule has 1 saturated heterocycles. The number of nitrogens with zero attached hydrogens (tertiary/aromatic N) is 1. The molecule has 0 bridgehead atoms. The van der Waals surface area contributed by atoms with E-state index in [1.54, 1.807) is 21.9 Å². The largest absolute Gasteiger partial charge is 0.454 e. The van der Waals surface area contributed by atoms with Crippen molar-refractivity contribution in [3.63, 3.8) is 0 Å². The number of hydrogen-bond donors (Lipinski definition) is 3. The van der Waals surface area contributed by atoms with Gasteiger partial charge in [0.05, 0.1) is 17.5 Å². The number of benzene rings is 2. The highest BCUT2D eigenvalue weighted by Crippen LogP contribution is 2.32. The lowest BCUT2D eigenvalue weighted by molar-refractivity contribution is -1.02. The molecule has 3 N–H and O–H groups in total. The van der Waals surface area contributed by atoms with Crippen LogP contribution < -0.4 is 19.3 Å². The van der Waals surface area contributed by atoms with Crippen molar-refractivity contribution in [2.24, 2.45) is 0 Å². The molecule has 0 radical (unpaired) electrons. The number of hydrogen-bond acceptors (Lipinski definition) is 3. The molecule has 0 saturated carbocycles. The van der Waals surface area contributed by atoms with Crippen molar-refractivity contribution in [1.82, 2.24) is 10.2 Å². The number of nitrogens with one attached hydrogen (secondary N) is 3. The summed E-state index contributed by atoms with van der Waals surface area (Å²) in [6.45, 7) is 6.77. The third kappa shape index (κ3) is 3.97. The smallest absolute Gasteiger partial charge is 0.231 e. The standard InChI is InChI=1S/C22H23FN4O2/c23-19-4-2-17(3-5-19)22-18(12-24-25-22)14-27-9-7-26(8-10-27)13-16-1-6-20-21(11-16)29-15-28-20/h1-6,11-12H,7-10,13-15H2,(H,24,25)/p+2. The predicted molar refractivity (Wildman–Crippen MR) is 105 cm³/mol. The molecule has 2 aromatic carbocycles. The molecule has 0 amide bonds. The molecule has 0 aliphatic carbocycles. The Morgan fingerprint density at radius 2 is 1.62 bits per heavy atom. The Balaban J connectivity index is 1.18. The lowest BCUT2D eigenvalue weighted by atomic mass is 10.1. The molecule has 5 rings (SSSR count). The van der Waals surface area contributed by atoms with Crippen LogP contribution in [0.5, 0.6) is 11.5 Å². The van der Waals surface area contributed by atoms with Gasteiger partial charge >= 0.3 is 0 Å². The number of H-pyrrole nitrogens is 1. The minimum absolute atomic E-state index is 0.220. The first kappa shape index (κ1) is 18.1. The maximum absolute atomic E-state index is 13.2.